The summed E-state index contributed by atoms with van der Waals surface area (Å²) < 4.78 is 26.7. The van der Waals surface area contributed by atoms with Crippen LogP contribution in [0.15, 0.2) is 77.8 Å². The van der Waals surface area contributed by atoms with Gasteiger partial charge in [-0.05, 0) is 65.4 Å². The van der Waals surface area contributed by atoms with Crippen LogP contribution < -0.4 is 5.73 Å². The molecule has 1 atom stereocenters. The summed E-state index contributed by atoms with van der Waals surface area (Å²) in [4.78, 5) is 4.52. The Kier molecular flexibility index (Phi) is 7.04. The molecule has 0 aliphatic heterocycles. The highest BCUT2D eigenvalue weighted by molar-refractivity contribution is 8.14. The number of nitrogens with two attached hydrogens (primary N) is 1. The molecule has 0 saturated carbocycles. The first-order valence-corrected chi connectivity index (χ1v) is 10.5. The summed E-state index contributed by atoms with van der Waals surface area (Å²) in [6, 6.07) is 20.6. The highest BCUT2D eigenvalue weighted by Gasteiger charge is 2.17. The second kappa shape index (κ2) is 9.70. The van der Waals surface area contributed by atoms with Gasteiger partial charge in [0.15, 0.2) is 5.17 Å². The topological polar surface area (TPSA) is 38.4 Å². The predicted molar refractivity (Wildman–Crippen MR) is 119 cm³/mol. The molecule has 0 spiro atoms. The zero-order valence-electron chi connectivity index (χ0n) is 16.5. The maximum atomic E-state index is 13.4. The number of hydrogen-bond acceptors (Lipinski definition) is 2. The molecule has 0 aliphatic rings. The second-order valence-corrected chi connectivity index (χ2v) is 8.08. The molecule has 0 bridgehead atoms. The van der Waals surface area contributed by atoms with E-state index in [9.17, 15) is 8.78 Å². The van der Waals surface area contributed by atoms with E-state index in [1.165, 1.54) is 41.6 Å². The van der Waals surface area contributed by atoms with Gasteiger partial charge in [-0.3, -0.25) is 0 Å². The molecule has 2 N–H and O–H groups in total. The molecular formula is C24H24F2N2S. The molecule has 0 radical (unpaired) electrons. The molecule has 0 amide bonds. The van der Waals surface area contributed by atoms with E-state index in [2.05, 4.69) is 31.0 Å². The van der Waals surface area contributed by atoms with E-state index in [0.29, 0.717) is 11.1 Å². The zero-order chi connectivity index (χ0) is 20.8. The van der Waals surface area contributed by atoms with Crippen LogP contribution in [0.3, 0.4) is 0 Å². The maximum absolute atomic E-state index is 13.4. The molecule has 5 heteroatoms. The van der Waals surface area contributed by atoms with Crippen LogP contribution in [0.4, 0.5) is 14.5 Å². The smallest absolute Gasteiger partial charge is 0.160 e. The van der Waals surface area contributed by atoms with Gasteiger partial charge in [-0.15, -0.1) is 0 Å². The first-order chi connectivity index (χ1) is 14.0. The summed E-state index contributed by atoms with van der Waals surface area (Å²) in [7, 11) is 0. The van der Waals surface area contributed by atoms with Crippen LogP contribution in [0.5, 0.6) is 0 Å². The maximum Gasteiger partial charge on any atom is 0.160 e. The molecule has 150 valence electrons. The molecule has 29 heavy (non-hydrogen) atoms. The van der Waals surface area contributed by atoms with Gasteiger partial charge in [-0.2, -0.15) is 0 Å². The van der Waals surface area contributed by atoms with Crippen LogP contribution in [0, 0.1) is 11.6 Å². The Morgan fingerprint density at radius 3 is 1.72 bits per heavy atom. The largest absolute Gasteiger partial charge is 0.378 e. The number of benzene rings is 3. The predicted octanol–water partition coefficient (Wildman–Crippen LogP) is 6.95. The fourth-order valence-corrected chi connectivity index (χ4v) is 3.98. The van der Waals surface area contributed by atoms with E-state index < -0.39 is 0 Å². The third kappa shape index (κ3) is 5.67. The van der Waals surface area contributed by atoms with Gasteiger partial charge in [0, 0.05) is 0 Å². The first kappa shape index (κ1) is 21.1. The van der Waals surface area contributed by atoms with Gasteiger partial charge in [0.05, 0.1) is 10.9 Å². The van der Waals surface area contributed by atoms with Crippen molar-refractivity contribution in [2.45, 2.75) is 31.4 Å². The molecule has 0 heterocycles. The second-order valence-electron chi connectivity index (χ2n) is 6.95. The van der Waals surface area contributed by atoms with E-state index in [1.54, 1.807) is 24.3 Å². The average Bonchev–Trinajstić information content (AvgIpc) is 2.73. The number of amidine groups is 1. The summed E-state index contributed by atoms with van der Waals surface area (Å²) in [6.07, 6.45) is 1.08. The fraction of sp³-hybridized carbons (Fsp3) is 0.208. The van der Waals surface area contributed by atoms with E-state index in [4.69, 9.17) is 5.73 Å². The van der Waals surface area contributed by atoms with Crippen LogP contribution in [0.2, 0.25) is 0 Å². The highest BCUT2D eigenvalue weighted by atomic mass is 32.2. The molecule has 0 saturated heterocycles. The van der Waals surface area contributed by atoms with E-state index in [0.717, 1.165) is 23.2 Å². The van der Waals surface area contributed by atoms with Gasteiger partial charge >= 0.3 is 0 Å². The minimum absolute atomic E-state index is 0.223. The third-order valence-electron chi connectivity index (χ3n) is 4.90. The third-order valence-corrected chi connectivity index (χ3v) is 6.01. The molecule has 2 nitrogen and oxygen atoms in total. The lowest BCUT2D eigenvalue weighted by molar-refractivity contribution is 0.626. The van der Waals surface area contributed by atoms with Crippen molar-refractivity contribution in [1.29, 1.82) is 0 Å². The molecule has 0 aliphatic carbocycles. The van der Waals surface area contributed by atoms with Gasteiger partial charge in [-0.1, -0.05) is 62.0 Å². The quantitative estimate of drug-likeness (QED) is 0.353. The minimum Gasteiger partial charge on any atom is -0.378 e. The van der Waals surface area contributed by atoms with Crippen molar-refractivity contribution in [2.24, 2.45) is 10.7 Å². The number of thioether (sulfide) groups is 1. The molecule has 0 fully saturated rings. The van der Waals surface area contributed by atoms with Crippen molar-refractivity contribution < 1.29 is 8.78 Å². The van der Waals surface area contributed by atoms with E-state index in [-0.39, 0.29) is 16.9 Å². The number of rotatable bonds is 6. The van der Waals surface area contributed by atoms with Crippen LogP contribution in [0.25, 0.3) is 0 Å². The molecule has 0 unspecified atom stereocenters. The summed E-state index contributed by atoms with van der Waals surface area (Å²) in [5, 5.41) is 0.166. The van der Waals surface area contributed by atoms with Crippen LogP contribution in [-0.2, 0) is 0 Å². The Bertz CT molecular complexity index is 906. The van der Waals surface area contributed by atoms with Crippen LogP contribution in [-0.4, -0.2) is 5.17 Å². The van der Waals surface area contributed by atoms with Gasteiger partial charge < -0.3 is 5.73 Å². The lowest BCUT2D eigenvalue weighted by Crippen LogP contribution is -2.10. The van der Waals surface area contributed by atoms with Gasteiger partial charge in [0.25, 0.3) is 0 Å². The lowest BCUT2D eigenvalue weighted by Gasteiger charge is -2.17. The summed E-state index contributed by atoms with van der Waals surface area (Å²) in [5.74, 6) is -0.111. The van der Waals surface area contributed by atoms with Crippen LogP contribution in [0.1, 0.15) is 48.1 Å². The Labute approximate surface area is 174 Å². The Hall–Kier alpha value is -2.66. The van der Waals surface area contributed by atoms with Gasteiger partial charge in [0.2, 0.25) is 0 Å². The highest BCUT2D eigenvalue weighted by Crippen LogP contribution is 2.36. The Balaban J connectivity index is 1.85. The van der Waals surface area contributed by atoms with Crippen molar-refractivity contribution in [3.63, 3.8) is 0 Å². The van der Waals surface area contributed by atoms with Crippen molar-refractivity contribution in [2.75, 3.05) is 0 Å². The molecular weight excluding hydrogens is 386 g/mol. The van der Waals surface area contributed by atoms with E-state index in [1.807, 2.05) is 12.1 Å². The fourth-order valence-electron chi connectivity index (χ4n) is 2.99. The lowest BCUT2D eigenvalue weighted by atomic mass is 9.99. The standard InChI is InChI=1S/C24H24F2N2S/c1-3-16(2)17-8-14-22(15-9-17)28-24(27)29-23(18-4-10-20(25)11-5-18)19-6-12-21(26)13-7-19/h4-16,23H,3H2,1-2H3,(H2,27,28)/t16-/m0/s1. The average molecular weight is 411 g/mol. The van der Waals surface area contributed by atoms with Crippen molar-refractivity contribution >= 4 is 22.6 Å². The van der Waals surface area contributed by atoms with Crippen molar-refractivity contribution in [3.8, 4) is 0 Å². The number of halogens is 2. The first-order valence-electron chi connectivity index (χ1n) is 9.58. The molecule has 0 aromatic heterocycles. The zero-order valence-corrected chi connectivity index (χ0v) is 17.3. The minimum atomic E-state index is -0.306. The summed E-state index contributed by atoms with van der Waals surface area (Å²) in [5.41, 5.74) is 10.0. The molecule has 3 rings (SSSR count). The number of hydrogen-bond donors (Lipinski definition) is 1. The summed E-state index contributed by atoms with van der Waals surface area (Å²) in [6.45, 7) is 4.36. The normalized spacial score (nSPS) is 12.9. The number of aliphatic imine (C=N–C) groups is 1. The van der Waals surface area contributed by atoms with Gasteiger partial charge in [0.1, 0.15) is 11.6 Å². The Morgan fingerprint density at radius 1 is 0.828 bits per heavy atom. The van der Waals surface area contributed by atoms with Crippen LogP contribution >= 0.6 is 11.8 Å². The summed E-state index contributed by atoms with van der Waals surface area (Å²) >= 11 is 1.36. The van der Waals surface area contributed by atoms with Gasteiger partial charge in [-0.25, -0.2) is 13.8 Å². The van der Waals surface area contributed by atoms with Crippen molar-refractivity contribution in [1.82, 2.24) is 0 Å². The molecule has 3 aromatic carbocycles. The van der Waals surface area contributed by atoms with Crippen molar-refractivity contribution in [3.05, 3.63) is 101 Å². The molecule has 3 aromatic rings. The number of nitrogens with zero attached hydrogens (tertiary/aromatic N) is 1. The monoisotopic (exact) mass is 410 g/mol. The van der Waals surface area contributed by atoms with E-state index >= 15 is 0 Å². The Morgan fingerprint density at radius 2 is 1.28 bits per heavy atom. The SMILES string of the molecule is CC[C@H](C)c1ccc(N=C(N)SC(c2ccc(F)cc2)c2ccc(F)cc2)cc1.